The van der Waals surface area contributed by atoms with Crippen LogP contribution in [0.25, 0.3) is 0 Å². The van der Waals surface area contributed by atoms with Crippen LogP contribution in [0.15, 0.2) is 24.3 Å². The Morgan fingerprint density at radius 3 is 2.76 bits per heavy atom. The lowest BCUT2D eigenvalue weighted by Gasteiger charge is -2.20. The number of methoxy groups -OCH3 is 1. The van der Waals surface area contributed by atoms with E-state index in [1.54, 1.807) is 7.11 Å². The van der Waals surface area contributed by atoms with Gasteiger partial charge >= 0.3 is 0 Å². The Bertz CT molecular complexity index is 350. The second-order valence-electron chi connectivity index (χ2n) is 4.64. The van der Waals surface area contributed by atoms with Crippen molar-refractivity contribution in [3.8, 4) is 5.75 Å². The minimum absolute atomic E-state index is 0.0849. The molecule has 0 heterocycles. The standard InChI is InChI=1S/C14H21NO2/c1-11-5-3-4-6-14(11)17-13(10-16-2)9-15-12-7-8-12/h3-6,12-13,15H,7-10H2,1-2H3. The summed E-state index contributed by atoms with van der Waals surface area (Å²) in [5.74, 6) is 0.951. The molecule has 1 aromatic rings. The van der Waals surface area contributed by atoms with E-state index in [9.17, 15) is 0 Å². The fourth-order valence-corrected chi connectivity index (χ4v) is 1.77. The average Bonchev–Trinajstić information content (AvgIpc) is 3.13. The van der Waals surface area contributed by atoms with E-state index in [4.69, 9.17) is 9.47 Å². The third-order valence-electron chi connectivity index (χ3n) is 2.95. The smallest absolute Gasteiger partial charge is 0.134 e. The number of ether oxygens (including phenoxy) is 2. The van der Waals surface area contributed by atoms with Gasteiger partial charge in [0, 0.05) is 19.7 Å². The number of hydrogen-bond donors (Lipinski definition) is 1. The van der Waals surface area contributed by atoms with Crippen molar-refractivity contribution in [1.29, 1.82) is 0 Å². The highest BCUT2D eigenvalue weighted by Gasteiger charge is 2.22. The van der Waals surface area contributed by atoms with Gasteiger partial charge in [0.1, 0.15) is 11.9 Å². The van der Waals surface area contributed by atoms with Gasteiger partial charge in [-0.3, -0.25) is 0 Å². The Balaban J connectivity index is 1.88. The molecule has 0 bridgehead atoms. The molecule has 0 spiro atoms. The maximum atomic E-state index is 5.98. The predicted octanol–water partition coefficient (Wildman–Crippen LogP) is 2.14. The van der Waals surface area contributed by atoms with Crippen molar-refractivity contribution in [2.45, 2.75) is 31.9 Å². The molecule has 94 valence electrons. The summed E-state index contributed by atoms with van der Waals surface area (Å²) in [5, 5.41) is 3.48. The highest BCUT2D eigenvalue weighted by molar-refractivity contribution is 5.31. The van der Waals surface area contributed by atoms with Crippen LogP contribution in [0.1, 0.15) is 18.4 Å². The first kappa shape index (κ1) is 12.4. The second-order valence-corrected chi connectivity index (χ2v) is 4.64. The normalized spacial score (nSPS) is 16.8. The molecular weight excluding hydrogens is 214 g/mol. The lowest BCUT2D eigenvalue weighted by atomic mass is 10.2. The van der Waals surface area contributed by atoms with Gasteiger partial charge in [0.25, 0.3) is 0 Å². The van der Waals surface area contributed by atoms with Crippen LogP contribution in [0.5, 0.6) is 5.75 Å². The van der Waals surface area contributed by atoms with Crippen LogP contribution < -0.4 is 10.1 Å². The van der Waals surface area contributed by atoms with Crippen molar-refractivity contribution in [3.63, 3.8) is 0 Å². The predicted molar refractivity (Wildman–Crippen MR) is 68.5 cm³/mol. The zero-order valence-corrected chi connectivity index (χ0v) is 10.6. The maximum absolute atomic E-state index is 5.98. The highest BCUT2D eigenvalue weighted by atomic mass is 16.5. The summed E-state index contributed by atoms with van der Waals surface area (Å²) in [6.07, 6.45) is 2.68. The van der Waals surface area contributed by atoms with Gasteiger partial charge in [0.05, 0.1) is 6.61 Å². The number of benzene rings is 1. The molecule has 1 N–H and O–H groups in total. The Labute approximate surface area is 103 Å². The zero-order valence-electron chi connectivity index (χ0n) is 10.6. The topological polar surface area (TPSA) is 30.5 Å². The highest BCUT2D eigenvalue weighted by Crippen LogP contribution is 2.20. The molecule has 0 aromatic heterocycles. The number of aryl methyl sites for hydroxylation is 1. The van der Waals surface area contributed by atoms with Crippen molar-refractivity contribution < 1.29 is 9.47 Å². The van der Waals surface area contributed by atoms with Crippen molar-refractivity contribution in [1.82, 2.24) is 5.32 Å². The summed E-state index contributed by atoms with van der Waals surface area (Å²) in [6.45, 7) is 3.54. The van der Waals surface area contributed by atoms with Gasteiger partial charge < -0.3 is 14.8 Å². The van der Waals surface area contributed by atoms with Crippen LogP contribution >= 0.6 is 0 Å². The Hall–Kier alpha value is -1.06. The summed E-state index contributed by atoms with van der Waals surface area (Å²) < 4.78 is 11.2. The first-order chi connectivity index (χ1) is 8.29. The molecule has 1 aromatic carbocycles. The molecule has 2 rings (SSSR count). The van der Waals surface area contributed by atoms with Gasteiger partial charge in [-0.15, -0.1) is 0 Å². The molecule has 0 amide bonds. The quantitative estimate of drug-likeness (QED) is 0.785. The van der Waals surface area contributed by atoms with Crippen molar-refractivity contribution >= 4 is 0 Å². The molecule has 17 heavy (non-hydrogen) atoms. The lowest BCUT2D eigenvalue weighted by Crippen LogP contribution is -2.36. The molecule has 1 aliphatic rings. The van der Waals surface area contributed by atoms with E-state index in [1.165, 1.54) is 18.4 Å². The molecule has 3 nitrogen and oxygen atoms in total. The van der Waals surface area contributed by atoms with Gasteiger partial charge in [-0.1, -0.05) is 18.2 Å². The Morgan fingerprint density at radius 1 is 1.35 bits per heavy atom. The van der Waals surface area contributed by atoms with Crippen LogP contribution in [0.4, 0.5) is 0 Å². The van der Waals surface area contributed by atoms with Crippen LogP contribution in [-0.4, -0.2) is 32.4 Å². The van der Waals surface area contributed by atoms with Gasteiger partial charge in [-0.05, 0) is 31.4 Å². The maximum Gasteiger partial charge on any atom is 0.134 e. The van der Waals surface area contributed by atoms with Crippen LogP contribution in [-0.2, 0) is 4.74 Å². The molecule has 1 saturated carbocycles. The Kier molecular flexibility index (Phi) is 4.40. The van der Waals surface area contributed by atoms with E-state index in [-0.39, 0.29) is 6.10 Å². The van der Waals surface area contributed by atoms with E-state index in [1.807, 2.05) is 18.2 Å². The summed E-state index contributed by atoms with van der Waals surface area (Å²) in [5.41, 5.74) is 1.17. The minimum Gasteiger partial charge on any atom is -0.486 e. The number of nitrogens with one attached hydrogen (secondary N) is 1. The third kappa shape index (κ3) is 4.02. The molecule has 1 aliphatic carbocycles. The summed E-state index contributed by atoms with van der Waals surface area (Å²) in [4.78, 5) is 0. The van der Waals surface area contributed by atoms with E-state index < -0.39 is 0 Å². The van der Waals surface area contributed by atoms with Crippen molar-refractivity contribution in [3.05, 3.63) is 29.8 Å². The fraction of sp³-hybridized carbons (Fsp3) is 0.571. The van der Waals surface area contributed by atoms with Gasteiger partial charge in [0.2, 0.25) is 0 Å². The van der Waals surface area contributed by atoms with E-state index >= 15 is 0 Å². The van der Waals surface area contributed by atoms with Crippen LogP contribution in [0.2, 0.25) is 0 Å². The number of rotatable bonds is 7. The first-order valence-corrected chi connectivity index (χ1v) is 6.24. The van der Waals surface area contributed by atoms with Crippen molar-refractivity contribution in [2.75, 3.05) is 20.3 Å². The second kappa shape index (κ2) is 6.03. The van der Waals surface area contributed by atoms with Crippen molar-refractivity contribution in [2.24, 2.45) is 0 Å². The minimum atomic E-state index is 0.0849. The zero-order chi connectivity index (χ0) is 12.1. The van der Waals surface area contributed by atoms with E-state index in [0.717, 1.165) is 12.3 Å². The molecule has 0 radical (unpaired) electrons. The average molecular weight is 235 g/mol. The largest absolute Gasteiger partial charge is 0.486 e. The molecular formula is C14H21NO2. The fourth-order valence-electron chi connectivity index (χ4n) is 1.77. The molecule has 1 unspecified atom stereocenters. The van der Waals surface area contributed by atoms with Gasteiger partial charge in [-0.2, -0.15) is 0 Å². The van der Waals surface area contributed by atoms with Gasteiger partial charge in [0.15, 0.2) is 0 Å². The number of hydrogen-bond acceptors (Lipinski definition) is 3. The first-order valence-electron chi connectivity index (χ1n) is 6.24. The SMILES string of the molecule is COCC(CNC1CC1)Oc1ccccc1C. The summed E-state index contributed by atoms with van der Waals surface area (Å²) in [6, 6.07) is 8.80. The molecule has 0 aliphatic heterocycles. The monoisotopic (exact) mass is 235 g/mol. The molecule has 1 fully saturated rings. The number of para-hydroxylation sites is 1. The Morgan fingerprint density at radius 2 is 2.12 bits per heavy atom. The van der Waals surface area contributed by atoms with E-state index in [0.29, 0.717) is 12.6 Å². The summed E-state index contributed by atoms with van der Waals surface area (Å²) in [7, 11) is 1.71. The summed E-state index contributed by atoms with van der Waals surface area (Å²) >= 11 is 0. The lowest BCUT2D eigenvalue weighted by molar-refractivity contribution is 0.0799. The third-order valence-corrected chi connectivity index (χ3v) is 2.95. The molecule has 3 heteroatoms. The van der Waals surface area contributed by atoms with Gasteiger partial charge in [-0.25, -0.2) is 0 Å². The van der Waals surface area contributed by atoms with E-state index in [2.05, 4.69) is 18.3 Å². The van der Waals surface area contributed by atoms with Crippen LogP contribution in [0.3, 0.4) is 0 Å². The molecule has 1 atom stereocenters. The molecule has 0 saturated heterocycles. The van der Waals surface area contributed by atoms with Crippen LogP contribution in [0, 0.1) is 6.92 Å².